The Bertz CT molecular complexity index is 945. The molecule has 0 fully saturated rings. The molecule has 0 radical (unpaired) electrons. The van der Waals surface area contributed by atoms with Crippen molar-refractivity contribution in [3.05, 3.63) is 59.7 Å². The summed E-state index contributed by atoms with van der Waals surface area (Å²) in [6.45, 7) is 4.45. The Balaban J connectivity index is 1.85. The van der Waals surface area contributed by atoms with Gasteiger partial charge < -0.3 is 20.5 Å². The van der Waals surface area contributed by atoms with Gasteiger partial charge >= 0.3 is 5.97 Å². The molecule has 0 aromatic heterocycles. The van der Waals surface area contributed by atoms with Gasteiger partial charge in [0.25, 0.3) is 5.91 Å². The third-order valence-electron chi connectivity index (χ3n) is 4.01. The number of hydrogen-bond donors (Lipinski definition) is 2. The summed E-state index contributed by atoms with van der Waals surface area (Å²) in [5.41, 5.74) is 5.73. The zero-order valence-electron chi connectivity index (χ0n) is 17.1. The molecule has 0 atom stereocenters. The van der Waals surface area contributed by atoms with E-state index in [1.807, 2.05) is 0 Å². The summed E-state index contributed by atoms with van der Waals surface area (Å²) in [6.07, 6.45) is 0. The van der Waals surface area contributed by atoms with Crippen molar-refractivity contribution in [2.24, 2.45) is 11.1 Å². The Morgan fingerprint density at radius 2 is 1.57 bits per heavy atom. The minimum Gasteiger partial charge on any atom is -0.481 e. The highest BCUT2D eigenvalue weighted by atomic mass is 16.6. The Kier molecular flexibility index (Phi) is 7.30. The third kappa shape index (κ3) is 6.44. The largest absolute Gasteiger partial charge is 0.481 e. The SMILES string of the molecule is CC(C)(C)C(=O)Nc1ccc(C(=O)COC(=O)COc2ccccc2C(N)=O)cc1. The Morgan fingerprint density at radius 1 is 0.933 bits per heavy atom. The number of nitrogens with one attached hydrogen (secondary N) is 1. The van der Waals surface area contributed by atoms with Gasteiger partial charge in [0.15, 0.2) is 19.0 Å². The van der Waals surface area contributed by atoms with Crippen LogP contribution in [0.15, 0.2) is 48.5 Å². The highest BCUT2D eigenvalue weighted by Crippen LogP contribution is 2.18. The van der Waals surface area contributed by atoms with Gasteiger partial charge in [0.05, 0.1) is 5.56 Å². The lowest BCUT2D eigenvalue weighted by Gasteiger charge is -2.17. The summed E-state index contributed by atoms with van der Waals surface area (Å²) < 4.78 is 10.2. The molecule has 158 valence electrons. The quantitative estimate of drug-likeness (QED) is 0.507. The fourth-order valence-electron chi connectivity index (χ4n) is 2.26. The number of Topliss-reactive ketones (excluding diaryl/α,β-unsaturated/α-hetero) is 1. The van der Waals surface area contributed by atoms with Crippen molar-refractivity contribution in [2.45, 2.75) is 20.8 Å². The normalized spacial score (nSPS) is 10.8. The van der Waals surface area contributed by atoms with E-state index < -0.39 is 36.3 Å². The highest BCUT2D eigenvalue weighted by molar-refractivity contribution is 5.99. The van der Waals surface area contributed by atoms with Crippen LogP contribution in [0.1, 0.15) is 41.5 Å². The molecule has 0 spiro atoms. The number of carbonyl (C=O) groups is 4. The summed E-state index contributed by atoms with van der Waals surface area (Å²) in [5.74, 6) is -1.85. The number of benzene rings is 2. The number of ketones is 1. The van der Waals surface area contributed by atoms with Crippen LogP contribution in [0.25, 0.3) is 0 Å². The maximum Gasteiger partial charge on any atom is 0.344 e. The van der Waals surface area contributed by atoms with Gasteiger partial charge in [-0.15, -0.1) is 0 Å². The van der Waals surface area contributed by atoms with Gasteiger partial charge in [0.2, 0.25) is 5.91 Å². The number of amides is 2. The molecule has 2 aromatic carbocycles. The number of rotatable bonds is 8. The standard InChI is InChI=1S/C22H24N2O6/c1-22(2,3)21(28)24-15-10-8-14(9-11-15)17(25)12-30-19(26)13-29-18-7-5-4-6-16(18)20(23)27/h4-11H,12-13H2,1-3H3,(H2,23,27)(H,24,28). The maximum absolute atomic E-state index is 12.2. The van der Waals surface area contributed by atoms with E-state index in [4.69, 9.17) is 15.2 Å². The molecule has 8 nitrogen and oxygen atoms in total. The van der Waals surface area contributed by atoms with Crippen LogP contribution in [-0.2, 0) is 14.3 Å². The second kappa shape index (κ2) is 9.69. The van der Waals surface area contributed by atoms with Crippen LogP contribution >= 0.6 is 0 Å². The number of carbonyl (C=O) groups excluding carboxylic acids is 4. The van der Waals surface area contributed by atoms with E-state index in [-0.39, 0.29) is 17.2 Å². The molecule has 0 saturated carbocycles. The van der Waals surface area contributed by atoms with E-state index in [9.17, 15) is 19.2 Å². The Morgan fingerprint density at radius 3 is 2.17 bits per heavy atom. The topological polar surface area (TPSA) is 125 Å². The molecule has 2 amide bonds. The molecular weight excluding hydrogens is 388 g/mol. The minimum absolute atomic E-state index is 0.139. The van der Waals surface area contributed by atoms with E-state index in [0.29, 0.717) is 11.3 Å². The van der Waals surface area contributed by atoms with Crippen LogP contribution < -0.4 is 15.8 Å². The van der Waals surface area contributed by atoms with Gasteiger partial charge in [-0.25, -0.2) is 4.79 Å². The number of primary amides is 1. The lowest BCUT2D eigenvalue weighted by atomic mass is 9.95. The van der Waals surface area contributed by atoms with Crippen LogP contribution in [-0.4, -0.2) is 36.8 Å². The molecule has 0 aliphatic carbocycles. The van der Waals surface area contributed by atoms with Crippen molar-refractivity contribution in [1.29, 1.82) is 0 Å². The molecule has 0 unspecified atom stereocenters. The average Bonchev–Trinajstić information content (AvgIpc) is 2.70. The molecular formula is C22H24N2O6. The fraction of sp³-hybridized carbons (Fsp3) is 0.273. The van der Waals surface area contributed by atoms with Crippen molar-refractivity contribution in [1.82, 2.24) is 0 Å². The molecule has 0 aliphatic heterocycles. The molecule has 0 bridgehead atoms. The van der Waals surface area contributed by atoms with Crippen molar-refractivity contribution in [3.8, 4) is 5.75 Å². The zero-order chi connectivity index (χ0) is 22.3. The minimum atomic E-state index is -0.767. The lowest BCUT2D eigenvalue weighted by Crippen LogP contribution is -2.27. The summed E-state index contributed by atoms with van der Waals surface area (Å²) >= 11 is 0. The first kappa shape index (κ1) is 22.6. The van der Waals surface area contributed by atoms with Gasteiger partial charge in [0.1, 0.15) is 5.75 Å². The van der Waals surface area contributed by atoms with Crippen LogP contribution in [0.5, 0.6) is 5.75 Å². The first-order valence-corrected chi connectivity index (χ1v) is 9.20. The van der Waals surface area contributed by atoms with Crippen LogP contribution in [0.4, 0.5) is 5.69 Å². The van der Waals surface area contributed by atoms with Crippen LogP contribution in [0.3, 0.4) is 0 Å². The molecule has 2 rings (SSSR count). The number of ether oxygens (including phenoxy) is 2. The number of hydrogen-bond acceptors (Lipinski definition) is 6. The Labute approximate surface area is 174 Å². The first-order chi connectivity index (χ1) is 14.1. The van der Waals surface area contributed by atoms with Gasteiger partial charge in [-0.05, 0) is 36.4 Å². The number of esters is 1. The number of anilines is 1. The van der Waals surface area contributed by atoms with Crippen molar-refractivity contribution < 1.29 is 28.7 Å². The summed E-state index contributed by atoms with van der Waals surface area (Å²) in [5, 5.41) is 2.76. The molecule has 0 aliphatic rings. The maximum atomic E-state index is 12.2. The van der Waals surface area contributed by atoms with E-state index in [0.717, 1.165) is 0 Å². The molecule has 2 aromatic rings. The monoisotopic (exact) mass is 412 g/mol. The predicted octanol–water partition coefficient (Wildman–Crippen LogP) is 2.58. The highest BCUT2D eigenvalue weighted by Gasteiger charge is 2.21. The molecule has 30 heavy (non-hydrogen) atoms. The lowest BCUT2D eigenvalue weighted by molar-refractivity contribution is -0.144. The fourth-order valence-corrected chi connectivity index (χ4v) is 2.26. The van der Waals surface area contributed by atoms with E-state index >= 15 is 0 Å². The average molecular weight is 412 g/mol. The van der Waals surface area contributed by atoms with E-state index in [1.54, 1.807) is 45.0 Å². The molecule has 0 saturated heterocycles. The van der Waals surface area contributed by atoms with E-state index in [1.165, 1.54) is 24.3 Å². The van der Waals surface area contributed by atoms with Gasteiger partial charge in [-0.3, -0.25) is 14.4 Å². The summed E-state index contributed by atoms with van der Waals surface area (Å²) in [7, 11) is 0. The second-order valence-electron chi connectivity index (χ2n) is 7.51. The number of nitrogens with two attached hydrogens (primary N) is 1. The van der Waals surface area contributed by atoms with Crippen molar-refractivity contribution in [3.63, 3.8) is 0 Å². The Hall–Kier alpha value is -3.68. The van der Waals surface area contributed by atoms with E-state index in [2.05, 4.69) is 5.32 Å². The third-order valence-corrected chi connectivity index (χ3v) is 4.01. The molecule has 0 heterocycles. The summed E-state index contributed by atoms with van der Waals surface area (Å²) in [6, 6.07) is 12.5. The van der Waals surface area contributed by atoms with Crippen molar-refractivity contribution in [2.75, 3.05) is 18.5 Å². The van der Waals surface area contributed by atoms with Gasteiger partial charge in [-0.2, -0.15) is 0 Å². The molecule has 8 heteroatoms. The predicted molar refractivity (Wildman–Crippen MR) is 110 cm³/mol. The number of para-hydroxylation sites is 1. The van der Waals surface area contributed by atoms with Crippen LogP contribution in [0.2, 0.25) is 0 Å². The first-order valence-electron chi connectivity index (χ1n) is 9.20. The second-order valence-corrected chi connectivity index (χ2v) is 7.51. The van der Waals surface area contributed by atoms with Gasteiger partial charge in [-0.1, -0.05) is 32.9 Å². The van der Waals surface area contributed by atoms with Crippen molar-refractivity contribution >= 4 is 29.3 Å². The van der Waals surface area contributed by atoms with Crippen LogP contribution in [0, 0.1) is 5.41 Å². The van der Waals surface area contributed by atoms with Gasteiger partial charge in [0, 0.05) is 16.7 Å². The summed E-state index contributed by atoms with van der Waals surface area (Å²) in [4.78, 5) is 47.3. The zero-order valence-corrected chi connectivity index (χ0v) is 17.1. The molecule has 3 N–H and O–H groups in total. The smallest absolute Gasteiger partial charge is 0.344 e.